The summed E-state index contributed by atoms with van der Waals surface area (Å²) in [6, 6.07) is 0. The van der Waals surface area contributed by atoms with Crippen LogP contribution in [-0.4, -0.2) is 114 Å². The molecule has 60 heavy (non-hydrogen) atoms. The van der Waals surface area contributed by atoms with Crippen molar-refractivity contribution in [1.82, 2.24) is 0 Å². The van der Waals surface area contributed by atoms with Crippen LogP contribution in [0.15, 0.2) is 0 Å². The number of esters is 4. The van der Waals surface area contributed by atoms with E-state index >= 15 is 0 Å². The number of unbranched alkanes of at least 4 members (excludes halogenated alkanes) is 25. The van der Waals surface area contributed by atoms with Crippen molar-refractivity contribution < 1.29 is 47.1 Å². The summed E-state index contributed by atoms with van der Waals surface area (Å²) in [5.74, 6) is -0.782. The van der Waals surface area contributed by atoms with E-state index in [1.54, 1.807) is 0 Å². The van der Waals surface area contributed by atoms with Gasteiger partial charge in [0.05, 0.1) is 28.2 Å². The molecule has 0 aliphatic carbocycles. The first-order valence-electron chi connectivity index (χ1n) is 25.2. The second-order valence-electron chi connectivity index (χ2n) is 18.8. The Balaban J connectivity index is 3.73. The predicted octanol–water partition coefficient (Wildman–Crippen LogP) is 11.8. The van der Waals surface area contributed by atoms with E-state index in [1.807, 2.05) is 28.2 Å². The Morgan fingerprint density at radius 3 is 0.650 bits per heavy atom. The van der Waals surface area contributed by atoms with Gasteiger partial charge in [-0.2, -0.15) is 0 Å². The highest BCUT2D eigenvalue weighted by Crippen LogP contribution is 2.15. The lowest BCUT2D eigenvalue weighted by Crippen LogP contribution is -2.45. The van der Waals surface area contributed by atoms with E-state index in [2.05, 4.69) is 13.8 Å². The fourth-order valence-electron chi connectivity index (χ4n) is 7.25. The van der Waals surface area contributed by atoms with Crippen LogP contribution in [0.4, 0.5) is 0 Å². The van der Waals surface area contributed by atoms with Gasteiger partial charge in [0.25, 0.3) is 0 Å². The molecule has 0 aromatic carbocycles. The van der Waals surface area contributed by atoms with Crippen molar-refractivity contribution in [2.24, 2.45) is 0 Å². The molecule has 0 aliphatic heterocycles. The van der Waals surface area contributed by atoms with Crippen LogP contribution in [-0.2, 0) is 38.1 Å². The molecule has 0 unspecified atom stereocenters. The van der Waals surface area contributed by atoms with Gasteiger partial charge in [0, 0.05) is 25.7 Å². The summed E-state index contributed by atoms with van der Waals surface area (Å²) >= 11 is 0. The minimum atomic E-state index is -0.267. The van der Waals surface area contributed by atoms with E-state index in [1.165, 1.54) is 141 Å². The molecule has 354 valence electrons. The Kier molecular flexibility index (Phi) is 39.3. The number of carbonyl (C=O) groups is 4. The lowest BCUT2D eigenvalue weighted by molar-refractivity contribution is -0.890. The summed E-state index contributed by atoms with van der Waals surface area (Å²) in [4.78, 5) is 48.9. The number of quaternary nitrogens is 2. The highest BCUT2D eigenvalue weighted by molar-refractivity contribution is 5.70. The largest absolute Gasteiger partial charge is 0.460 e. The summed E-state index contributed by atoms with van der Waals surface area (Å²) in [6.07, 6.45) is 36.0. The normalized spacial score (nSPS) is 11.8. The Labute approximate surface area is 370 Å². The van der Waals surface area contributed by atoms with Crippen molar-refractivity contribution >= 4 is 23.9 Å². The third kappa shape index (κ3) is 42.5. The molecule has 0 spiro atoms. The van der Waals surface area contributed by atoms with Crippen molar-refractivity contribution in [2.45, 2.75) is 219 Å². The van der Waals surface area contributed by atoms with E-state index in [4.69, 9.17) is 18.9 Å². The number of likely N-dealkylation sites (N-methyl/N-ethyl adjacent to an activating group) is 2. The molecule has 0 saturated heterocycles. The van der Waals surface area contributed by atoms with Gasteiger partial charge in [0.1, 0.15) is 52.6 Å². The second-order valence-corrected chi connectivity index (χ2v) is 18.8. The van der Waals surface area contributed by atoms with Crippen molar-refractivity contribution in [2.75, 3.05) is 80.8 Å². The number of rotatable bonds is 45. The molecule has 0 rings (SSSR count). The van der Waals surface area contributed by atoms with Crippen LogP contribution < -0.4 is 0 Å². The molecule has 0 heterocycles. The highest BCUT2D eigenvalue weighted by Gasteiger charge is 2.19. The summed E-state index contributed by atoms with van der Waals surface area (Å²) in [7, 11) is 8.15. The zero-order valence-corrected chi connectivity index (χ0v) is 40.4. The Hall–Kier alpha value is -2.20. The number of hydrogen-bond donors (Lipinski definition) is 0. The molecule has 0 N–H and O–H groups in total. The van der Waals surface area contributed by atoms with Crippen molar-refractivity contribution in [3.63, 3.8) is 0 Å². The molecule has 10 nitrogen and oxygen atoms in total. The molecule has 0 aromatic rings. The topological polar surface area (TPSA) is 105 Å². The lowest BCUT2D eigenvalue weighted by atomic mass is 10.0. The van der Waals surface area contributed by atoms with Crippen molar-refractivity contribution in [1.29, 1.82) is 0 Å². The van der Waals surface area contributed by atoms with Gasteiger partial charge in [-0.1, -0.05) is 168 Å². The average Bonchev–Trinajstić information content (AvgIpc) is 3.19. The molecular weight excluding hydrogens is 757 g/mol. The molecular formula is C50H98N2O8+2. The van der Waals surface area contributed by atoms with Crippen LogP contribution in [0.5, 0.6) is 0 Å². The first-order valence-corrected chi connectivity index (χ1v) is 25.2. The van der Waals surface area contributed by atoms with Crippen LogP contribution >= 0.6 is 0 Å². The minimum Gasteiger partial charge on any atom is -0.460 e. The monoisotopic (exact) mass is 855 g/mol. The number of hydrogen-bond acceptors (Lipinski definition) is 8. The third-order valence-electron chi connectivity index (χ3n) is 11.8. The fraction of sp³-hybridized carbons (Fsp3) is 0.920. The van der Waals surface area contributed by atoms with Gasteiger partial charge in [-0.15, -0.1) is 0 Å². The maximum Gasteiger partial charge on any atom is 0.305 e. The SMILES string of the molecule is CCCCCCCCCCCCCCCC(=O)OCC[N+](C)(C)CCOC(=O)CCCCC(=O)OCC[N+](C)(C)CCOC(=O)CCCCCCCCCCCCCCC. The van der Waals surface area contributed by atoms with E-state index in [0.717, 1.165) is 25.7 Å². The predicted molar refractivity (Wildman–Crippen MR) is 247 cm³/mol. The van der Waals surface area contributed by atoms with Gasteiger partial charge in [-0.3, -0.25) is 19.2 Å². The molecule has 0 amide bonds. The molecule has 0 fully saturated rings. The van der Waals surface area contributed by atoms with Crippen molar-refractivity contribution in [3.05, 3.63) is 0 Å². The zero-order chi connectivity index (χ0) is 44.4. The molecule has 0 saturated carbocycles. The van der Waals surface area contributed by atoms with E-state index in [0.29, 0.717) is 87.3 Å². The maximum absolute atomic E-state index is 12.3. The standard InChI is InChI=1S/C50H98N2O8/c1-7-9-11-13-15-17-19-21-23-25-27-29-31-35-47(53)57-43-39-51(3,4)41-45-59-49(55)37-33-34-38-50(56)60-46-42-52(5,6)40-44-58-48(54)36-32-30-28-26-24-22-20-18-16-14-12-10-8-2/h7-46H2,1-6H3/q+2. The molecule has 0 aliphatic rings. The van der Waals surface area contributed by atoms with Gasteiger partial charge >= 0.3 is 23.9 Å². The fourth-order valence-corrected chi connectivity index (χ4v) is 7.25. The molecule has 0 aromatic heterocycles. The maximum atomic E-state index is 12.3. The first-order chi connectivity index (χ1) is 28.9. The molecule has 0 radical (unpaired) electrons. The minimum absolute atomic E-state index is 0.124. The van der Waals surface area contributed by atoms with Crippen LogP contribution in [0, 0.1) is 0 Å². The van der Waals surface area contributed by atoms with Crippen LogP contribution in [0.3, 0.4) is 0 Å². The second kappa shape index (κ2) is 40.8. The molecule has 10 heteroatoms. The summed E-state index contributed by atoms with van der Waals surface area (Å²) < 4.78 is 23.0. The summed E-state index contributed by atoms with van der Waals surface area (Å²) in [6.45, 7) is 8.43. The number of ether oxygens (including phenoxy) is 4. The smallest absolute Gasteiger partial charge is 0.305 e. The van der Waals surface area contributed by atoms with Crippen LogP contribution in [0.1, 0.15) is 219 Å². The quantitative estimate of drug-likeness (QED) is 0.0258. The Morgan fingerprint density at radius 2 is 0.450 bits per heavy atom. The van der Waals surface area contributed by atoms with Gasteiger partial charge in [0.2, 0.25) is 0 Å². The molecule has 0 bridgehead atoms. The van der Waals surface area contributed by atoms with Crippen LogP contribution in [0.2, 0.25) is 0 Å². The average molecular weight is 855 g/mol. The molecule has 0 atom stereocenters. The van der Waals surface area contributed by atoms with Crippen molar-refractivity contribution in [3.8, 4) is 0 Å². The Morgan fingerprint density at radius 1 is 0.283 bits per heavy atom. The number of nitrogens with zero attached hydrogens (tertiary/aromatic N) is 2. The number of carbonyl (C=O) groups excluding carboxylic acids is 4. The lowest BCUT2D eigenvalue weighted by Gasteiger charge is -2.29. The van der Waals surface area contributed by atoms with Gasteiger partial charge in [-0.05, 0) is 25.7 Å². The zero-order valence-electron chi connectivity index (χ0n) is 40.4. The van der Waals surface area contributed by atoms with E-state index in [9.17, 15) is 19.2 Å². The Bertz CT molecular complexity index is 954. The first kappa shape index (κ1) is 57.8. The van der Waals surface area contributed by atoms with Gasteiger partial charge < -0.3 is 27.9 Å². The summed E-state index contributed by atoms with van der Waals surface area (Å²) in [5.41, 5.74) is 0. The highest BCUT2D eigenvalue weighted by atomic mass is 16.5. The van der Waals surface area contributed by atoms with Gasteiger partial charge in [-0.25, -0.2) is 0 Å². The third-order valence-corrected chi connectivity index (χ3v) is 11.8. The summed E-state index contributed by atoms with van der Waals surface area (Å²) in [5, 5.41) is 0. The van der Waals surface area contributed by atoms with Gasteiger partial charge in [0.15, 0.2) is 0 Å². The van der Waals surface area contributed by atoms with E-state index in [-0.39, 0.29) is 36.7 Å². The van der Waals surface area contributed by atoms with Crippen LogP contribution in [0.25, 0.3) is 0 Å². The van der Waals surface area contributed by atoms with E-state index < -0.39 is 0 Å².